The molecule has 0 amide bonds. The van der Waals surface area contributed by atoms with Crippen LogP contribution in [0.5, 0.6) is 0 Å². The lowest BCUT2D eigenvalue weighted by atomic mass is 9.93. The van der Waals surface area contributed by atoms with Gasteiger partial charge in [0.25, 0.3) is 0 Å². The monoisotopic (exact) mass is 323 g/mol. The predicted octanol–water partition coefficient (Wildman–Crippen LogP) is 2.03. The lowest BCUT2D eigenvalue weighted by Gasteiger charge is -2.34. The van der Waals surface area contributed by atoms with Gasteiger partial charge in [-0.1, -0.05) is 17.7 Å². The second-order valence-corrected chi connectivity index (χ2v) is 7.05. The fourth-order valence-electron chi connectivity index (χ4n) is 2.58. The highest BCUT2D eigenvalue weighted by atomic mass is 32.2. The summed E-state index contributed by atoms with van der Waals surface area (Å²) in [5, 5.41) is 8.93. The number of β-amino-alcohol motifs (C(OH)–C–C–N with tert-alkyl or cyclic N) is 1. The molecule has 0 spiro atoms. The first-order valence-electron chi connectivity index (χ1n) is 6.43. The Kier molecular flexibility index (Phi) is 4.32. The number of hydrogen-bond acceptors (Lipinski definition) is 3. The van der Waals surface area contributed by atoms with Crippen LogP contribution in [0.25, 0.3) is 0 Å². The predicted molar refractivity (Wildman–Crippen MR) is 70.4 cm³/mol. The van der Waals surface area contributed by atoms with Crippen LogP contribution in [-0.4, -0.2) is 43.7 Å². The molecular formula is C13H16F3NO3S. The molecule has 0 saturated carbocycles. The van der Waals surface area contributed by atoms with E-state index in [4.69, 9.17) is 5.11 Å². The molecular weight excluding hydrogens is 307 g/mol. The summed E-state index contributed by atoms with van der Waals surface area (Å²) < 4.78 is 63.8. The zero-order chi connectivity index (χ0) is 15.8. The number of rotatable bonds is 3. The number of aryl methyl sites for hydroxylation is 1. The third kappa shape index (κ3) is 3.38. The maximum absolute atomic E-state index is 12.7. The molecule has 1 atom stereocenters. The minimum atomic E-state index is -4.38. The van der Waals surface area contributed by atoms with Gasteiger partial charge >= 0.3 is 6.18 Å². The largest absolute Gasteiger partial charge is 0.395 e. The summed E-state index contributed by atoms with van der Waals surface area (Å²) >= 11 is 0. The molecule has 21 heavy (non-hydrogen) atoms. The van der Waals surface area contributed by atoms with E-state index in [1.54, 1.807) is 13.0 Å². The van der Waals surface area contributed by atoms with Crippen molar-refractivity contribution in [1.29, 1.82) is 0 Å². The van der Waals surface area contributed by atoms with Gasteiger partial charge in [-0.15, -0.1) is 0 Å². The first kappa shape index (κ1) is 16.3. The Balaban J connectivity index is 2.52. The normalized spacial score (nSPS) is 22.0. The van der Waals surface area contributed by atoms with E-state index in [9.17, 15) is 21.6 Å². The Morgan fingerprint density at radius 3 is 2.62 bits per heavy atom. The molecule has 1 aromatic rings. The number of hydrogen-bond donors (Lipinski definition) is 1. The molecule has 0 aliphatic carbocycles. The summed E-state index contributed by atoms with van der Waals surface area (Å²) in [6, 6.07) is 4.40. The lowest BCUT2D eigenvalue weighted by Crippen LogP contribution is -2.42. The summed E-state index contributed by atoms with van der Waals surface area (Å²) in [5.74, 6) is -0.949. The number of sulfonamides is 1. The Labute approximate surface area is 121 Å². The molecule has 1 unspecified atom stereocenters. The number of alkyl halides is 3. The summed E-state index contributed by atoms with van der Waals surface area (Å²) in [6.07, 6.45) is -5.46. The summed E-state index contributed by atoms with van der Waals surface area (Å²) in [5.41, 5.74) is 0.924. The third-order valence-electron chi connectivity index (χ3n) is 3.47. The standard InChI is InChI=1S/C13H16F3NO3S/c1-9-2-3-12-11(6-9)10(7-13(14,15)16)8-17(4-5-18)21(12,19)20/h2-3,6,10,18H,4-5,7-8H2,1H3. The van der Waals surface area contributed by atoms with Gasteiger partial charge in [0, 0.05) is 19.0 Å². The number of fused-ring (bicyclic) bond motifs is 1. The van der Waals surface area contributed by atoms with E-state index in [1.165, 1.54) is 12.1 Å². The maximum Gasteiger partial charge on any atom is 0.389 e. The van der Waals surface area contributed by atoms with Crippen LogP contribution < -0.4 is 0 Å². The molecule has 2 rings (SSSR count). The van der Waals surface area contributed by atoms with Crippen LogP contribution in [0.15, 0.2) is 23.1 Å². The number of nitrogens with zero attached hydrogens (tertiary/aromatic N) is 1. The minimum absolute atomic E-state index is 0.0953. The second-order valence-electron chi connectivity index (χ2n) is 5.14. The Bertz CT molecular complexity index is 628. The number of benzene rings is 1. The molecule has 1 aliphatic rings. The van der Waals surface area contributed by atoms with Gasteiger partial charge in [-0.2, -0.15) is 17.5 Å². The van der Waals surface area contributed by atoms with Crippen molar-refractivity contribution in [2.24, 2.45) is 0 Å². The van der Waals surface area contributed by atoms with Crippen molar-refractivity contribution in [2.45, 2.75) is 30.3 Å². The van der Waals surface area contributed by atoms with E-state index in [2.05, 4.69) is 0 Å². The van der Waals surface area contributed by atoms with Gasteiger partial charge in [-0.25, -0.2) is 8.42 Å². The SMILES string of the molecule is Cc1ccc2c(c1)C(CC(F)(F)F)CN(CCO)S2(=O)=O. The van der Waals surface area contributed by atoms with E-state index in [0.29, 0.717) is 5.56 Å². The molecule has 0 fully saturated rings. The van der Waals surface area contributed by atoms with E-state index in [0.717, 1.165) is 4.31 Å². The van der Waals surface area contributed by atoms with Crippen LogP contribution in [0.3, 0.4) is 0 Å². The molecule has 1 N–H and O–H groups in total. The zero-order valence-corrected chi connectivity index (χ0v) is 12.2. The van der Waals surface area contributed by atoms with Crippen LogP contribution in [0.1, 0.15) is 23.5 Å². The zero-order valence-electron chi connectivity index (χ0n) is 11.4. The third-order valence-corrected chi connectivity index (χ3v) is 5.41. The van der Waals surface area contributed by atoms with Gasteiger partial charge in [-0.05, 0) is 18.6 Å². The van der Waals surface area contributed by atoms with Crippen LogP contribution in [0.2, 0.25) is 0 Å². The molecule has 4 nitrogen and oxygen atoms in total. The van der Waals surface area contributed by atoms with Gasteiger partial charge in [-0.3, -0.25) is 0 Å². The van der Waals surface area contributed by atoms with Gasteiger partial charge in [0.2, 0.25) is 10.0 Å². The highest BCUT2D eigenvalue weighted by Crippen LogP contribution is 2.40. The van der Waals surface area contributed by atoms with Crippen molar-refractivity contribution < 1.29 is 26.7 Å². The summed E-state index contributed by atoms with van der Waals surface area (Å²) in [7, 11) is -3.84. The molecule has 1 heterocycles. The Morgan fingerprint density at radius 1 is 1.38 bits per heavy atom. The first-order chi connectivity index (χ1) is 9.65. The van der Waals surface area contributed by atoms with Crippen LogP contribution in [-0.2, 0) is 10.0 Å². The van der Waals surface area contributed by atoms with Crippen LogP contribution >= 0.6 is 0 Å². The second kappa shape index (κ2) is 5.58. The molecule has 1 aromatic carbocycles. The molecule has 0 saturated heterocycles. The van der Waals surface area contributed by atoms with Gasteiger partial charge in [0.1, 0.15) is 0 Å². The lowest BCUT2D eigenvalue weighted by molar-refractivity contribution is -0.139. The van der Waals surface area contributed by atoms with Gasteiger partial charge in [0.15, 0.2) is 0 Å². The van der Waals surface area contributed by atoms with E-state index >= 15 is 0 Å². The number of halogens is 3. The van der Waals surface area contributed by atoms with E-state index in [1.807, 2.05) is 0 Å². The highest BCUT2D eigenvalue weighted by molar-refractivity contribution is 7.89. The fourth-order valence-corrected chi connectivity index (χ4v) is 4.32. The smallest absolute Gasteiger partial charge is 0.389 e. The van der Waals surface area contributed by atoms with Crippen molar-refractivity contribution in [3.05, 3.63) is 29.3 Å². The summed E-state index contributed by atoms with van der Waals surface area (Å²) in [4.78, 5) is -0.0953. The molecule has 0 aromatic heterocycles. The quantitative estimate of drug-likeness (QED) is 0.926. The van der Waals surface area contributed by atoms with Gasteiger partial charge < -0.3 is 5.11 Å². The van der Waals surface area contributed by atoms with Gasteiger partial charge in [0.05, 0.1) is 17.9 Å². The summed E-state index contributed by atoms with van der Waals surface area (Å²) in [6.45, 7) is 0.805. The van der Waals surface area contributed by atoms with E-state index < -0.39 is 35.1 Å². The first-order valence-corrected chi connectivity index (χ1v) is 7.87. The molecule has 8 heteroatoms. The van der Waals surface area contributed by atoms with Crippen LogP contribution in [0, 0.1) is 6.92 Å². The van der Waals surface area contributed by atoms with Crippen LogP contribution in [0.4, 0.5) is 13.2 Å². The number of aliphatic hydroxyl groups excluding tert-OH is 1. The van der Waals surface area contributed by atoms with Crippen molar-refractivity contribution in [3.63, 3.8) is 0 Å². The average molecular weight is 323 g/mol. The van der Waals surface area contributed by atoms with Crippen molar-refractivity contribution in [2.75, 3.05) is 19.7 Å². The molecule has 118 valence electrons. The number of aliphatic hydroxyl groups is 1. The topological polar surface area (TPSA) is 57.6 Å². The minimum Gasteiger partial charge on any atom is -0.395 e. The fraction of sp³-hybridized carbons (Fsp3) is 0.538. The van der Waals surface area contributed by atoms with Crippen molar-refractivity contribution >= 4 is 10.0 Å². The average Bonchev–Trinajstić information content (AvgIpc) is 2.33. The Morgan fingerprint density at radius 2 is 2.05 bits per heavy atom. The highest BCUT2D eigenvalue weighted by Gasteiger charge is 2.41. The molecule has 0 bridgehead atoms. The van der Waals surface area contributed by atoms with E-state index in [-0.39, 0.29) is 23.5 Å². The molecule has 0 radical (unpaired) electrons. The van der Waals surface area contributed by atoms with Crippen molar-refractivity contribution in [1.82, 2.24) is 4.31 Å². The molecule has 1 aliphatic heterocycles. The Hall–Kier alpha value is -1.12. The van der Waals surface area contributed by atoms with Crippen molar-refractivity contribution in [3.8, 4) is 0 Å². The maximum atomic E-state index is 12.7.